The van der Waals surface area contributed by atoms with Gasteiger partial charge in [0.25, 0.3) is 10.0 Å². The fourth-order valence-corrected chi connectivity index (χ4v) is 3.48. The molecule has 2 aromatic rings. The zero-order valence-corrected chi connectivity index (χ0v) is 11.0. The van der Waals surface area contributed by atoms with Crippen LogP contribution < -0.4 is 4.72 Å². The van der Waals surface area contributed by atoms with Gasteiger partial charge in [0, 0.05) is 11.6 Å². The Labute approximate surface area is 109 Å². The van der Waals surface area contributed by atoms with E-state index in [0.29, 0.717) is 16.3 Å². The first kappa shape index (κ1) is 12.5. The highest BCUT2D eigenvalue weighted by Crippen LogP contribution is 2.21. The number of aryl methyl sites for hydroxylation is 1. The summed E-state index contributed by atoms with van der Waals surface area (Å²) in [6.45, 7) is 1.65. The predicted octanol–water partition coefficient (Wildman–Crippen LogP) is 2.12. The molecule has 0 bridgehead atoms. The van der Waals surface area contributed by atoms with Crippen molar-refractivity contribution in [2.75, 3.05) is 4.72 Å². The third-order valence-corrected chi connectivity index (χ3v) is 4.56. The minimum Gasteiger partial charge on any atom is -0.255 e. The number of nitrogens with one attached hydrogen (secondary N) is 1. The molecular weight excluding hydrogens is 270 g/mol. The monoisotopic (exact) mass is 279 g/mol. The van der Waals surface area contributed by atoms with Crippen LogP contribution in [-0.4, -0.2) is 13.4 Å². The van der Waals surface area contributed by atoms with E-state index in [1.54, 1.807) is 12.3 Å². The maximum Gasteiger partial charge on any atom is 0.263 e. The molecule has 0 aliphatic carbocycles. The largest absolute Gasteiger partial charge is 0.263 e. The lowest BCUT2D eigenvalue weighted by molar-refractivity contribution is 0.600. The molecule has 0 saturated carbocycles. The van der Waals surface area contributed by atoms with Crippen molar-refractivity contribution >= 4 is 26.5 Å². The minimum atomic E-state index is -3.65. The Balaban J connectivity index is 2.39. The molecular formula is C11H9N3O2S2. The van der Waals surface area contributed by atoms with Crippen LogP contribution >= 0.6 is 11.3 Å². The van der Waals surface area contributed by atoms with E-state index >= 15 is 0 Å². The van der Waals surface area contributed by atoms with Crippen LogP contribution in [0.1, 0.15) is 11.1 Å². The average molecular weight is 279 g/mol. The van der Waals surface area contributed by atoms with Gasteiger partial charge in [0.15, 0.2) is 5.13 Å². The summed E-state index contributed by atoms with van der Waals surface area (Å²) in [5.41, 5.74) is 0.957. The van der Waals surface area contributed by atoms with Crippen molar-refractivity contribution in [2.24, 2.45) is 0 Å². The highest BCUT2D eigenvalue weighted by Gasteiger charge is 2.18. The molecule has 0 spiro atoms. The van der Waals surface area contributed by atoms with E-state index in [1.807, 2.05) is 6.07 Å². The van der Waals surface area contributed by atoms with E-state index in [9.17, 15) is 8.42 Å². The first-order valence-electron chi connectivity index (χ1n) is 4.96. The molecule has 18 heavy (non-hydrogen) atoms. The Bertz CT molecular complexity index is 700. The van der Waals surface area contributed by atoms with Crippen LogP contribution in [0.25, 0.3) is 0 Å². The SMILES string of the molecule is Cc1cc(C#N)ccc1S(=O)(=O)Nc1nccs1. The predicted molar refractivity (Wildman–Crippen MR) is 68.8 cm³/mol. The number of benzene rings is 1. The van der Waals surface area contributed by atoms with Crippen molar-refractivity contribution in [3.63, 3.8) is 0 Å². The Morgan fingerprint density at radius 2 is 2.22 bits per heavy atom. The molecule has 1 aromatic carbocycles. The van der Waals surface area contributed by atoms with E-state index in [4.69, 9.17) is 5.26 Å². The van der Waals surface area contributed by atoms with Gasteiger partial charge in [0.05, 0.1) is 16.5 Å². The number of aromatic nitrogens is 1. The molecule has 0 saturated heterocycles. The van der Waals surface area contributed by atoms with Gasteiger partial charge in [-0.3, -0.25) is 4.72 Å². The lowest BCUT2D eigenvalue weighted by Crippen LogP contribution is -2.14. The van der Waals surface area contributed by atoms with Crippen LogP contribution in [0.3, 0.4) is 0 Å². The fourth-order valence-electron chi connectivity index (χ4n) is 1.46. The average Bonchev–Trinajstić information content (AvgIpc) is 2.80. The zero-order valence-electron chi connectivity index (χ0n) is 9.41. The zero-order chi connectivity index (χ0) is 13.2. The van der Waals surface area contributed by atoms with Crippen molar-refractivity contribution in [1.82, 2.24) is 4.98 Å². The van der Waals surface area contributed by atoms with Crippen LogP contribution in [0.4, 0.5) is 5.13 Å². The van der Waals surface area contributed by atoms with Gasteiger partial charge in [-0.05, 0) is 30.7 Å². The quantitative estimate of drug-likeness (QED) is 0.932. The number of sulfonamides is 1. The summed E-state index contributed by atoms with van der Waals surface area (Å²) >= 11 is 1.20. The fraction of sp³-hybridized carbons (Fsp3) is 0.0909. The van der Waals surface area contributed by atoms with Crippen molar-refractivity contribution < 1.29 is 8.42 Å². The second-order valence-electron chi connectivity index (χ2n) is 3.53. The van der Waals surface area contributed by atoms with Gasteiger partial charge < -0.3 is 0 Å². The molecule has 5 nitrogen and oxygen atoms in total. The van der Waals surface area contributed by atoms with Gasteiger partial charge in [-0.15, -0.1) is 11.3 Å². The smallest absolute Gasteiger partial charge is 0.255 e. The number of nitriles is 1. The molecule has 2 rings (SSSR count). The van der Waals surface area contributed by atoms with Crippen molar-refractivity contribution in [3.05, 3.63) is 40.9 Å². The van der Waals surface area contributed by atoms with E-state index in [1.165, 1.54) is 35.7 Å². The summed E-state index contributed by atoms with van der Waals surface area (Å²) in [5.74, 6) is 0. The van der Waals surface area contributed by atoms with Crippen molar-refractivity contribution in [2.45, 2.75) is 11.8 Å². The Morgan fingerprint density at radius 1 is 1.44 bits per heavy atom. The van der Waals surface area contributed by atoms with Crippen molar-refractivity contribution in [1.29, 1.82) is 5.26 Å². The van der Waals surface area contributed by atoms with Crippen LogP contribution in [-0.2, 0) is 10.0 Å². The molecule has 1 aromatic heterocycles. The number of hydrogen-bond acceptors (Lipinski definition) is 5. The van der Waals surface area contributed by atoms with E-state index in [2.05, 4.69) is 9.71 Å². The number of nitrogens with zero attached hydrogens (tertiary/aromatic N) is 2. The van der Waals surface area contributed by atoms with Crippen molar-refractivity contribution in [3.8, 4) is 6.07 Å². The molecule has 0 amide bonds. The number of thiazole rings is 1. The Morgan fingerprint density at radius 3 is 2.78 bits per heavy atom. The van der Waals surface area contributed by atoms with E-state index in [-0.39, 0.29) is 4.90 Å². The Hall–Kier alpha value is -1.91. The van der Waals surface area contributed by atoms with Gasteiger partial charge in [-0.25, -0.2) is 13.4 Å². The number of rotatable bonds is 3. The Kier molecular flexibility index (Phi) is 3.32. The summed E-state index contributed by atoms with van der Waals surface area (Å²) in [6.07, 6.45) is 1.52. The van der Waals surface area contributed by atoms with Gasteiger partial charge in [-0.1, -0.05) is 0 Å². The highest BCUT2D eigenvalue weighted by atomic mass is 32.2. The topological polar surface area (TPSA) is 82.8 Å². The standard InChI is InChI=1S/C11H9N3O2S2/c1-8-6-9(7-12)2-3-10(8)18(15,16)14-11-13-4-5-17-11/h2-6H,1H3,(H,13,14). The summed E-state index contributed by atoms with van der Waals surface area (Å²) in [4.78, 5) is 4.02. The number of hydrogen-bond donors (Lipinski definition) is 1. The minimum absolute atomic E-state index is 0.150. The second-order valence-corrected chi connectivity index (χ2v) is 6.08. The van der Waals surface area contributed by atoms with Crippen LogP contribution in [0.15, 0.2) is 34.7 Å². The third kappa shape index (κ3) is 2.50. The molecule has 0 radical (unpaired) electrons. The second kappa shape index (κ2) is 4.76. The lowest BCUT2D eigenvalue weighted by Gasteiger charge is -2.08. The van der Waals surface area contributed by atoms with E-state index < -0.39 is 10.0 Å². The molecule has 0 aliphatic rings. The molecule has 0 aliphatic heterocycles. The van der Waals surface area contributed by atoms with Gasteiger partial charge in [0.2, 0.25) is 0 Å². The third-order valence-electron chi connectivity index (χ3n) is 2.25. The molecule has 7 heteroatoms. The van der Waals surface area contributed by atoms with Gasteiger partial charge in [-0.2, -0.15) is 5.26 Å². The van der Waals surface area contributed by atoms with Crippen LogP contribution in [0.2, 0.25) is 0 Å². The summed E-state index contributed by atoms with van der Waals surface area (Å²) < 4.78 is 26.6. The van der Waals surface area contributed by atoms with Gasteiger partial charge >= 0.3 is 0 Å². The summed E-state index contributed by atoms with van der Waals surface area (Å²) in [7, 11) is -3.65. The molecule has 0 atom stereocenters. The summed E-state index contributed by atoms with van der Waals surface area (Å²) in [6, 6.07) is 6.40. The maximum absolute atomic E-state index is 12.1. The highest BCUT2D eigenvalue weighted by molar-refractivity contribution is 7.93. The van der Waals surface area contributed by atoms with E-state index in [0.717, 1.165) is 0 Å². The maximum atomic E-state index is 12.1. The molecule has 1 heterocycles. The molecule has 0 fully saturated rings. The first-order valence-corrected chi connectivity index (χ1v) is 7.32. The number of anilines is 1. The van der Waals surface area contributed by atoms with Gasteiger partial charge in [0.1, 0.15) is 0 Å². The van der Waals surface area contributed by atoms with Crippen LogP contribution in [0.5, 0.6) is 0 Å². The molecule has 1 N–H and O–H groups in total. The lowest BCUT2D eigenvalue weighted by atomic mass is 10.2. The molecule has 92 valence electrons. The normalized spacial score (nSPS) is 10.9. The first-order chi connectivity index (χ1) is 8.53. The van der Waals surface area contributed by atoms with Crippen LogP contribution in [0, 0.1) is 18.3 Å². The molecule has 0 unspecified atom stereocenters. The summed E-state index contributed by atoms with van der Waals surface area (Å²) in [5, 5.41) is 10.7.